The summed E-state index contributed by atoms with van der Waals surface area (Å²) in [5, 5.41) is 9.55. The number of hydrogen-bond donors (Lipinski definition) is 1. The van der Waals surface area contributed by atoms with E-state index in [-0.39, 0.29) is 0 Å². The minimum atomic E-state index is 0.600. The minimum Gasteiger partial charge on any atom is -0.469 e. The topological polar surface area (TPSA) is 61.0 Å². The minimum absolute atomic E-state index is 0.600. The van der Waals surface area contributed by atoms with Crippen LogP contribution in [0.25, 0.3) is 0 Å². The molecule has 16 heavy (non-hydrogen) atoms. The maximum absolute atomic E-state index is 5.79. The molecule has 0 bridgehead atoms. The van der Waals surface area contributed by atoms with Crippen molar-refractivity contribution in [3.05, 3.63) is 5.01 Å². The number of ether oxygens (including phenoxy) is 1. The standard InChI is InChI=1S/C11H19N3OS/c1-8-13-14-11(16-8)15-7-10-5-3-2-4-9(10)6-12/h9-10H,2-7,12H2,1H3. The third kappa shape index (κ3) is 2.92. The van der Waals surface area contributed by atoms with E-state index in [1.807, 2.05) is 6.92 Å². The van der Waals surface area contributed by atoms with E-state index in [9.17, 15) is 0 Å². The second-order valence-electron chi connectivity index (χ2n) is 4.44. The molecule has 2 N–H and O–H groups in total. The van der Waals surface area contributed by atoms with Crippen molar-refractivity contribution in [2.24, 2.45) is 17.6 Å². The van der Waals surface area contributed by atoms with Gasteiger partial charge in [-0.2, -0.15) is 0 Å². The van der Waals surface area contributed by atoms with E-state index in [2.05, 4.69) is 10.2 Å². The van der Waals surface area contributed by atoms with Crippen molar-refractivity contribution in [1.29, 1.82) is 0 Å². The second kappa shape index (κ2) is 5.59. The van der Waals surface area contributed by atoms with Crippen LogP contribution in [0, 0.1) is 18.8 Å². The number of nitrogens with zero attached hydrogens (tertiary/aromatic N) is 2. The van der Waals surface area contributed by atoms with E-state index < -0.39 is 0 Å². The van der Waals surface area contributed by atoms with Crippen molar-refractivity contribution < 1.29 is 4.74 Å². The second-order valence-corrected chi connectivity index (χ2v) is 5.58. The molecule has 1 saturated carbocycles. The molecule has 0 spiro atoms. The van der Waals surface area contributed by atoms with Gasteiger partial charge < -0.3 is 10.5 Å². The Balaban J connectivity index is 1.84. The number of aryl methyl sites for hydroxylation is 1. The summed E-state index contributed by atoms with van der Waals surface area (Å²) in [6.07, 6.45) is 5.11. The summed E-state index contributed by atoms with van der Waals surface area (Å²) < 4.78 is 5.69. The molecule has 0 saturated heterocycles. The van der Waals surface area contributed by atoms with Crippen LogP contribution in [0.15, 0.2) is 0 Å². The third-order valence-corrected chi connectivity index (χ3v) is 4.05. The van der Waals surface area contributed by atoms with Gasteiger partial charge in [0.1, 0.15) is 5.01 Å². The molecule has 1 aromatic heterocycles. The Bertz CT molecular complexity index is 329. The molecular formula is C11H19N3OS. The van der Waals surface area contributed by atoms with Gasteiger partial charge in [0, 0.05) is 0 Å². The Kier molecular flexibility index (Phi) is 4.12. The zero-order valence-corrected chi connectivity index (χ0v) is 10.5. The molecule has 90 valence electrons. The molecule has 2 atom stereocenters. The smallest absolute Gasteiger partial charge is 0.294 e. The SMILES string of the molecule is Cc1nnc(OCC2CCCCC2CN)s1. The Hall–Kier alpha value is -0.680. The van der Waals surface area contributed by atoms with Gasteiger partial charge in [0.25, 0.3) is 5.19 Å². The molecule has 0 aromatic carbocycles. The van der Waals surface area contributed by atoms with Crippen molar-refractivity contribution in [2.45, 2.75) is 32.6 Å². The van der Waals surface area contributed by atoms with Crippen molar-refractivity contribution in [2.75, 3.05) is 13.2 Å². The lowest BCUT2D eigenvalue weighted by atomic mass is 9.80. The Labute approximate surface area is 100 Å². The monoisotopic (exact) mass is 241 g/mol. The normalized spacial score (nSPS) is 25.6. The lowest BCUT2D eigenvalue weighted by Gasteiger charge is -2.29. The van der Waals surface area contributed by atoms with Gasteiger partial charge in [0.2, 0.25) is 0 Å². The van der Waals surface area contributed by atoms with Gasteiger partial charge in [-0.05, 0) is 38.1 Å². The molecule has 1 aliphatic rings. The van der Waals surface area contributed by atoms with E-state index in [1.165, 1.54) is 37.0 Å². The van der Waals surface area contributed by atoms with Crippen LogP contribution in [0.2, 0.25) is 0 Å². The van der Waals surface area contributed by atoms with E-state index in [1.54, 1.807) is 0 Å². The average Bonchev–Trinajstić information content (AvgIpc) is 2.73. The van der Waals surface area contributed by atoms with Gasteiger partial charge in [0.05, 0.1) is 6.61 Å². The molecule has 1 fully saturated rings. The predicted octanol–water partition coefficient (Wildman–Crippen LogP) is 1.99. The number of nitrogens with two attached hydrogens (primary N) is 1. The van der Waals surface area contributed by atoms with Crippen LogP contribution in [0.4, 0.5) is 0 Å². The molecule has 2 unspecified atom stereocenters. The van der Waals surface area contributed by atoms with Gasteiger partial charge in [0.15, 0.2) is 0 Å². The Morgan fingerprint density at radius 1 is 1.31 bits per heavy atom. The zero-order valence-electron chi connectivity index (χ0n) is 9.69. The van der Waals surface area contributed by atoms with Gasteiger partial charge in [-0.25, -0.2) is 0 Å². The maximum atomic E-state index is 5.79. The quantitative estimate of drug-likeness (QED) is 0.875. The lowest BCUT2D eigenvalue weighted by Crippen LogP contribution is -2.30. The van der Waals surface area contributed by atoms with E-state index in [0.29, 0.717) is 17.0 Å². The van der Waals surface area contributed by atoms with Gasteiger partial charge in [-0.1, -0.05) is 24.2 Å². The molecule has 1 heterocycles. The molecule has 2 rings (SSSR count). The fourth-order valence-electron chi connectivity index (χ4n) is 2.33. The fraction of sp³-hybridized carbons (Fsp3) is 0.818. The van der Waals surface area contributed by atoms with Crippen molar-refractivity contribution in [1.82, 2.24) is 10.2 Å². The van der Waals surface area contributed by atoms with Crippen molar-refractivity contribution in [3.63, 3.8) is 0 Å². The van der Waals surface area contributed by atoms with Crippen molar-refractivity contribution in [3.8, 4) is 5.19 Å². The third-order valence-electron chi connectivity index (χ3n) is 3.30. The first kappa shape index (κ1) is 11.8. The highest BCUT2D eigenvalue weighted by atomic mass is 32.1. The number of rotatable bonds is 4. The number of aromatic nitrogens is 2. The molecule has 0 amide bonds. The van der Waals surface area contributed by atoms with Crippen LogP contribution in [-0.4, -0.2) is 23.3 Å². The summed E-state index contributed by atoms with van der Waals surface area (Å²) in [5.74, 6) is 1.23. The van der Waals surface area contributed by atoms with Crippen LogP contribution < -0.4 is 10.5 Å². The maximum Gasteiger partial charge on any atom is 0.294 e. The van der Waals surface area contributed by atoms with Crippen LogP contribution in [-0.2, 0) is 0 Å². The summed E-state index contributed by atoms with van der Waals surface area (Å²) in [5.41, 5.74) is 5.79. The predicted molar refractivity (Wildman–Crippen MR) is 64.6 cm³/mol. The highest BCUT2D eigenvalue weighted by Crippen LogP contribution is 2.30. The molecule has 5 heteroatoms. The first-order valence-electron chi connectivity index (χ1n) is 5.92. The molecule has 1 aliphatic carbocycles. The molecule has 4 nitrogen and oxygen atoms in total. The van der Waals surface area contributed by atoms with Crippen LogP contribution in [0.3, 0.4) is 0 Å². The van der Waals surface area contributed by atoms with Gasteiger partial charge in [-0.15, -0.1) is 10.2 Å². The lowest BCUT2D eigenvalue weighted by molar-refractivity contribution is 0.152. The average molecular weight is 241 g/mol. The zero-order chi connectivity index (χ0) is 11.4. The Morgan fingerprint density at radius 2 is 2.06 bits per heavy atom. The fourth-order valence-corrected chi connectivity index (χ4v) is 2.87. The van der Waals surface area contributed by atoms with Crippen LogP contribution in [0.5, 0.6) is 5.19 Å². The van der Waals surface area contributed by atoms with Gasteiger partial charge >= 0.3 is 0 Å². The summed E-state index contributed by atoms with van der Waals surface area (Å²) in [4.78, 5) is 0. The first-order chi connectivity index (χ1) is 7.79. The van der Waals surface area contributed by atoms with E-state index in [0.717, 1.165) is 18.2 Å². The summed E-state index contributed by atoms with van der Waals surface area (Å²) in [6, 6.07) is 0. The molecular weight excluding hydrogens is 222 g/mol. The van der Waals surface area contributed by atoms with E-state index in [4.69, 9.17) is 10.5 Å². The number of hydrogen-bond acceptors (Lipinski definition) is 5. The molecule has 0 radical (unpaired) electrons. The van der Waals surface area contributed by atoms with E-state index >= 15 is 0 Å². The molecule has 0 aliphatic heterocycles. The van der Waals surface area contributed by atoms with Crippen LogP contribution in [0.1, 0.15) is 30.7 Å². The molecule has 1 aromatic rings. The van der Waals surface area contributed by atoms with Gasteiger partial charge in [-0.3, -0.25) is 0 Å². The summed E-state index contributed by atoms with van der Waals surface area (Å²) in [7, 11) is 0. The highest BCUT2D eigenvalue weighted by Gasteiger charge is 2.24. The summed E-state index contributed by atoms with van der Waals surface area (Å²) >= 11 is 1.51. The Morgan fingerprint density at radius 3 is 2.69 bits per heavy atom. The first-order valence-corrected chi connectivity index (χ1v) is 6.74. The largest absolute Gasteiger partial charge is 0.469 e. The highest BCUT2D eigenvalue weighted by molar-refractivity contribution is 7.12. The van der Waals surface area contributed by atoms with Crippen molar-refractivity contribution >= 4 is 11.3 Å². The van der Waals surface area contributed by atoms with Crippen LogP contribution >= 0.6 is 11.3 Å². The summed E-state index contributed by atoms with van der Waals surface area (Å²) in [6.45, 7) is 3.47.